The average Bonchev–Trinajstić information content (AvgIpc) is 2.65. The van der Waals surface area contributed by atoms with Crippen molar-refractivity contribution in [2.24, 2.45) is 0 Å². The lowest BCUT2D eigenvalue weighted by molar-refractivity contribution is 0.708. The Morgan fingerprint density at radius 1 is 1.00 bits per heavy atom. The molecule has 1 aromatic carbocycles. The average molecular weight is 296 g/mol. The third-order valence-corrected chi connectivity index (χ3v) is 3.48. The Kier molecular flexibility index (Phi) is 4.75. The first-order chi connectivity index (χ1) is 8.84. The summed E-state index contributed by atoms with van der Waals surface area (Å²) in [5.74, 6) is 0.723. The van der Waals surface area contributed by atoms with Crippen LogP contribution in [0.3, 0.4) is 0 Å². The molecule has 2 heterocycles. The van der Waals surface area contributed by atoms with Gasteiger partial charge in [0.2, 0.25) is 0 Å². The lowest BCUT2D eigenvalue weighted by atomic mass is 10.1. The van der Waals surface area contributed by atoms with Crippen molar-refractivity contribution in [3.8, 4) is 11.4 Å². The first-order valence-electron chi connectivity index (χ1n) is 6.16. The van der Waals surface area contributed by atoms with Crippen LogP contribution in [0.2, 0.25) is 5.15 Å². The van der Waals surface area contributed by atoms with E-state index in [1.807, 2.05) is 30.3 Å². The summed E-state index contributed by atoms with van der Waals surface area (Å²) < 4.78 is 0. The van der Waals surface area contributed by atoms with Crippen molar-refractivity contribution in [2.75, 3.05) is 13.1 Å². The minimum Gasteiger partial charge on any atom is -0.316 e. The van der Waals surface area contributed by atoms with Crippen LogP contribution >= 0.6 is 24.0 Å². The van der Waals surface area contributed by atoms with Gasteiger partial charge in [0.05, 0.1) is 5.69 Å². The topological polar surface area (TPSA) is 37.8 Å². The fraction of sp³-hybridized carbons (Fsp3) is 0.286. The molecule has 100 valence electrons. The van der Waals surface area contributed by atoms with E-state index in [-0.39, 0.29) is 12.4 Å². The summed E-state index contributed by atoms with van der Waals surface area (Å²) in [6.07, 6.45) is 1.82. The van der Waals surface area contributed by atoms with Gasteiger partial charge in [0, 0.05) is 24.1 Å². The number of nitrogens with zero attached hydrogens (tertiary/aromatic N) is 2. The fourth-order valence-electron chi connectivity index (χ4n) is 2.22. The van der Waals surface area contributed by atoms with E-state index in [1.54, 1.807) is 0 Å². The molecule has 1 aromatic heterocycles. The maximum atomic E-state index is 6.29. The second kappa shape index (κ2) is 6.33. The number of rotatable bonds is 1. The van der Waals surface area contributed by atoms with Crippen molar-refractivity contribution < 1.29 is 0 Å². The normalized spacial score (nSPS) is 14.2. The monoisotopic (exact) mass is 295 g/mol. The highest BCUT2D eigenvalue weighted by Crippen LogP contribution is 2.23. The van der Waals surface area contributed by atoms with E-state index in [0.29, 0.717) is 5.15 Å². The SMILES string of the molecule is Cl.Clc1nc(-c2ccccc2)nc2c1CCNCC2. The maximum Gasteiger partial charge on any atom is 0.161 e. The Hall–Kier alpha value is -1.16. The Labute approximate surface area is 123 Å². The summed E-state index contributed by atoms with van der Waals surface area (Å²) >= 11 is 6.29. The molecule has 0 atom stereocenters. The molecule has 0 radical (unpaired) electrons. The highest BCUT2D eigenvalue weighted by Gasteiger charge is 2.15. The van der Waals surface area contributed by atoms with Gasteiger partial charge in [0.1, 0.15) is 5.15 Å². The lowest BCUT2D eigenvalue weighted by Gasteiger charge is -2.09. The van der Waals surface area contributed by atoms with Gasteiger partial charge in [-0.1, -0.05) is 41.9 Å². The van der Waals surface area contributed by atoms with E-state index in [4.69, 9.17) is 11.6 Å². The molecule has 0 unspecified atom stereocenters. The molecule has 2 aromatic rings. The molecule has 0 spiro atoms. The summed E-state index contributed by atoms with van der Waals surface area (Å²) in [5, 5.41) is 3.95. The molecule has 0 aliphatic carbocycles. The predicted octanol–water partition coefficient (Wildman–Crippen LogP) is 2.91. The van der Waals surface area contributed by atoms with E-state index in [0.717, 1.165) is 48.6 Å². The molecule has 19 heavy (non-hydrogen) atoms. The summed E-state index contributed by atoms with van der Waals surface area (Å²) in [6.45, 7) is 1.90. The molecular formula is C14H15Cl2N3. The van der Waals surface area contributed by atoms with Crippen LogP contribution in [-0.2, 0) is 12.8 Å². The molecule has 3 rings (SSSR count). The van der Waals surface area contributed by atoms with E-state index in [2.05, 4.69) is 15.3 Å². The number of nitrogens with one attached hydrogen (secondary N) is 1. The largest absolute Gasteiger partial charge is 0.316 e. The Balaban J connectivity index is 0.00000133. The van der Waals surface area contributed by atoms with Gasteiger partial charge >= 0.3 is 0 Å². The van der Waals surface area contributed by atoms with E-state index in [9.17, 15) is 0 Å². The van der Waals surface area contributed by atoms with Crippen LogP contribution in [0.1, 0.15) is 11.3 Å². The van der Waals surface area contributed by atoms with Gasteiger partial charge in [-0.3, -0.25) is 0 Å². The molecule has 5 heteroatoms. The third kappa shape index (κ3) is 3.06. The van der Waals surface area contributed by atoms with Gasteiger partial charge in [-0.05, 0) is 13.0 Å². The highest BCUT2D eigenvalue weighted by molar-refractivity contribution is 6.30. The molecule has 0 amide bonds. The predicted molar refractivity (Wildman–Crippen MR) is 80.0 cm³/mol. The number of hydrogen-bond acceptors (Lipinski definition) is 3. The van der Waals surface area contributed by atoms with Crippen LogP contribution in [-0.4, -0.2) is 23.1 Å². The smallest absolute Gasteiger partial charge is 0.161 e. The molecule has 0 saturated carbocycles. The quantitative estimate of drug-likeness (QED) is 0.822. The zero-order chi connectivity index (χ0) is 12.4. The van der Waals surface area contributed by atoms with Gasteiger partial charge in [-0.15, -0.1) is 12.4 Å². The number of fused-ring (bicyclic) bond motifs is 1. The Bertz CT molecular complexity index is 558. The van der Waals surface area contributed by atoms with E-state index < -0.39 is 0 Å². The van der Waals surface area contributed by atoms with Crippen molar-refractivity contribution in [1.29, 1.82) is 0 Å². The third-order valence-electron chi connectivity index (χ3n) is 3.16. The first-order valence-corrected chi connectivity index (χ1v) is 6.54. The number of hydrogen-bond donors (Lipinski definition) is 1. The van der Waals surface area contributed by atoms with Crippen molar-refractivity contribution in [3.05, 3.63) is 46.7 Å². The highest BCUT2D eigenvalue weighted by atomic mass is 35.5. The summed E-state index contributed by atoms with van der Waals surface area (Å²) in [7, 11) is 0. The summed E-state index contributed by atoms with van der Waals surface area (Å²) in [6, 6.07) is 9.97. The van der Waals surface area contributed by atoms with Gasteiger partial charge < -0.3 is 5.32 Å². The van der Waals surface area contributed by atoms with Crippen LogP contribution in [0.15, 0.2) is 30.3 Å². The van der Waals surface area contributed by atoms with E-state index >= 15 is 0 Å². The maximum absolute atomic E-state index is 6.29. The zero-order valence-electron chi connectivity index (χ0n) is 10.4. The first kappa shape index (κ1) is 14.3. The van der Waals surface area contributed by atoms with Crippen LogP contribution in [0.25, 0.3) is 11.4 Å². The van der Waals surface area contributed by atoms with Crippen molar-refractivity contribution in [1.82, 2.24) is 15.3 Å². The summed E-state index contributed by atoms with van der Waals surface area (Å²) in [5.41, 5.74) is 3.19. The fourth-order valence-corrected chi connectivity index (χ4v) is 2.50. The molecule has 1 N–H and O–H groups in total. The van der Waals surface area contributed by atoms with Crippen molar-refractivity contribution in [3.63, 3.8) is 0 Å². The molecule has 0 fully saturated rings. The van der Waals surface area contributed by atoms with Crippen LogP contribution in [0.4, 0.5) is 0 Å². The Morgan fingerprint density at radius 2 is 1.74 bits per heavy atom. The number of benzene rings is 1. The molecule has 0 saturated heterocycles. The zero-order valence-corrected chi connectivity index (χ0v) is 12.0. The minimum atomic E-state index is 0. The molecule has 1 aliphatic rings. The van der Waals surface area contributed by atoms with Gasteiger partial charge in [0.25, 0.3) is 0 Å². The standard InChI is InChI=1S/C14H14ClN3.ClH/c15-13-11-6-8-16-9-7-12(11)17-14(18-13)10-4-2-1-3-5-10;/h1-5,16H,6-9H2;1H. The number of halogens is 2. The minimum absolute atomic E-state index is 0. The van der Waals surface area contributed by atoms with Crippen molar-refractivity contribution >= 4 is 24.0 Å². The molecular weight excluding hydrogens is 281 g/mol. The van der Waals surface area contributed by atoms with Crippen LogP contribution in [0, 0.1) is 0 Å². The summed E-state index contributed by atoms with van der Waals surface area (Å²) in [4.78, 5) is 9.09. The molecule has 0 bridgehead atoms. The lowest BCUT2D eigenvalue weighted by Crippen LogP contribution is -2.16. The Morgan fingerprint density at radius 3 is 2.53 bits per heavy atom. The van der Waals surface area contributed by atoms with E-state index in [1.165, 1.54) is 0 Å². The molecule has 1 aliphatic heterocycles. The van der Waals surface area contributed by atoms with Crippen LogP contribution < -0.4 is 5.32 Å². The van der Waals surface area contributed by atoms with Crippen molar-refractivity contribution in [2.45, 2.75) is 12.8 Å². The van der Waals surface area contributed by atoms with Crippen LogP contribution in [0.5, 0.6) is 0 Å². The van der Waals surface area contributed by atoms with Gasteiger partial charge in [0.15, 0.2) is 5.82 Å². The van der Waals surface area contributed by atoms with Gasteiger partial charge in [-0.25, -0.2) is 9.97 Å². The second-order valence-electron chi connectivity index (χ2n) is 4.38. The number of aromatic nitrogens is 2. The second-order valence-corrected chi connectivity index (χ2v) is 4.74. The van der Waals surface area contributed by atoms with Gasteiger partial charge in [-0.2, -0.15) is 0 Å². The molecule has 3 nitrogen and oxygen atoms in total.